The fourth-order valence-electron chi connectivity index (χ4n) is 2.40. The van der Waals surface area contributed by atoms with Crippen molar-refractivity contribution in [3.05, 3.63) is 27.7 Å². The molecule has 0 N–H and O–H groups in total. The Kier molecular flexibility index (Phi) is 4.24. The highest BCUT2D eigenvalue weighted by atomic mass is 32.2. The van der Waals surface area contributed by atoms with Crippen LogP contribution < -0.4 is 0 Å². The van der Waals surface area contributed by atoms with E-state index in [1.807, 2.05) is 0 Å². The largest absolute Gasteiger partial charge is 0.408 e. The van der Waals surface area contributed by atoms with Gasteiger partial charge in [0.05, 0.1) is 10.8 Å². The van der Waals surface area contributed by atoms with E-state index < -0.39 is 28.5 Å². The number of rotatable bonds is 4. The molecule has 0 aliphatic carbocycles. The molecule has 3 rings (SSSR count). The first-order chi connectivity index (χ1) is 11.1. The standard InChI is InChI=1S/C13H13F3N4O2S2/c1-8-17-10(5-23-8)12-18-11(20(19-12)7-13(14,15)16)4-9-2-3-24(21,22)6-9/h2-3,5,9H,4,6-7H2,1H3. The van der Waals surface area contributed by atoms with Gasteiger partial charge < -0.3 is 0 Å². The van der Waals surface area contributed by atoms with E-state index in [1.165, 1.54) is 17.4 Å². The van der Waals surface area contributed by atoms with Gasteiger partial charge in [0.25, 0.3) is 0 Å². The number of sulfone groups is 1. The first-order valence-corrected chi connectivity index (χ1v) is 9.55. The zero-order chi connectivity index (χ0) is 17.5. The average molecular weight is 378 g/mol. The van der Waals surface area contributed by atoms with Gasteiger partial charge in [-0.25, -0.2) is 23.1 Å². The summed E-state index contributed by atoms with van der Waals surface area (Å²) < 4.78 is 62.0. The van der Waals surface area contributed by atoms with Gasteiger partial charge in [0.1, 0.15) is 18.1 Å². The number of thiazole rings is 1. The minimum absolute atomic E-state index is 0.0714. The van der Waals surface area contributed by atoms with Crippen LogP contribution in [0.4, 0.5) is 13.2 Å². The van der Waals surface area contributed by atoms with Crippen molar-refractivity contribution in [2.45, 2.75) is 26.1 Å². The van der Waals surface area contributed by atoms with Crippen LogP contribution in [0.2, 0.25) is 0 Å². The van der Waals surface area contributed by atoms with Crippen molar-refractivity contribution >= 4 is 21.2 Å². The van der Waals surface area contributed by atoms with Crippen LogP contribution >= 0.6 is 11.3 Å². The first-order valence-electron chi connectivity index (χ1n) is 6.95. The second-order valence-corrected chi connectivity index (χ2v) is 8.49. The topological polar surface area (TPSA) is 77.7 Å². The smallest absolute Gasteiger partial charge is 0.240 e. The molecule has 1 aliphatic heterocycles. The van der Waals surface area contributed by atoms with Gasteiger partial charge in [0, 0.05) is 17.2 Å². The zero-order valence-corrected chi connectivity index (χ0v) is 14.1. The molecule has 0 radical (unpaired) electrons. The second kappa shape index (κ2) is 5.96. The van der Waals surface area contributed by atoms with E-state index in [9.17, 15) is 21.6 Å². The third kappa shape index (κ3) is 4.01. The van der Waals surface area contributed by atoms with Crippen LogP contribution in [0.15, 0.2) is 16.9 Å². The summed E-state index contributed by atoms with van der Waals surface area (Å²) in [6.45, 7) is 0.498. The summed E-state index contributed by atoms with van der Waals surface area (Å²) in [5.74, 6) is -0.323. The summed E-state index contributed by atoms with van der Waals surface area (Å²) in [5.41, 5.74) is 0.411. The van der Waals surface area contributed by atoms with Gasteiger partial charge in [-0.3, -0.25) is 0 Å². The highest BCUT2D eigenvalue weighted by molar-refractivity contribution is 7.94. The lowest BCUT2D eigenvalue weighted by Crippen LogP contribution is -2.22. The molecule has 2 aromatic rings. The molecule has 3 heterocycles. The Hall–Kier alpha value is -1.75. The minimum Gasteiger partial charge on any atom is -0.240 e. The highest BCUT2D eigenvalue weighted by Gasteiger charge is 2.32. The van der Waals surface area contributed by atoms with E-state index in [1.54, 1.807) is 12.3 Å². The normalized spacial score (nSPS) is 19.9. The molecule has 0 bridgehead atoms. The Labute approximate surface area is 140 Å². The van der Waals surface area contributed by atoms with E-state index in [0.717, 1.165) is 15.1 Å². The number of nitrogens with zero attached hydrogens (tertiary/aromatic N) is 4. The zero-order valence-electron chi connectivity index (χ0n) is 12.5. The van der Waals surface area contributed by atoms with Crippen LogP contribution in [0.3, 0.4) is 0 Å². The molecule has 2 aromatic heterocycles. The maximum Gasteiger partial charge on any atom is 0.408 e. The van der Waals surface area contributed by atoms with Crippen LogP contribution in [-0.2, 0) is 22.8 Å². The van der Waals surface area contributed by atoms with Gasteiger partial charge in [-0.15, -0.1) is 16.4 Å². The van der Waals surface area contributed by atoms with Gasteiger partial charge in [0.15, 0.2) is 9.84 Å². The lowest BCUT2D eigenvalue weighted by atomic mass is 10.1. The Morgan fingerprint density at radius 1 is 1.38 bits per heavy atom. The maximum atomic E-state index is 12.8. The fourth-order valence-corrected chi connectivity index (χ4v) is 4.39. The van der Waals surface area contributed by atoms with Crippen LogP contribution in [0, 0.1) is 12.8 Å². The summed E-state index contributed by atoms with van der Waals surface area (Å²) in [6.07, 6.45) is -2.90. The number of aryl methyl sites for hydroxylation is 1. The van der Waals surface area contributed by atoms with Gasteiger partial charge in [-0.05, 0) is 12.8 Å². The summed E-state index contributed by atoms with van der Waals surface area (Å²) in [6, 6.07) is 0. The molecule has 0 fully saturated rings. The molecule has 130 valence electrons. The number of aromatic nitrogens is 4. The predicted molar refractivity (Wildman–Crippen MR) is 82.0 cm³/mol. The van der Waals surface area contributed by atoms with Crippen molar-refractivity contribution in [2.75, 3.05) is 5.75 Å². The number of alkyl halides is 3. The monoisotopic (exact) mass is 378 g/mol. The van der Waals surface area contributed by atoms with Crippen molar-refractivity contribution in [3.63, 3.8) is 0 Å². The molecule has 24 heavy (non-hydrogen) atoms. The number of halogens is 3. The van der Waals surface area contributed by atoms with Crippen molar-refractivity contribution in [1.29, 1.82) is 0 Å². The lowest BCUT2D eigenvalue weighted by molar-refractivity contribution is -0.143. The molecular formula is C13H13F3N4O2S2. The third-order valence-corrected chi connectivity index (χ3v) is 5.61. The van der Waals surface area contributed by atoms with Crippen molar-refractivity contribution in [2.24, 2.45) is 5.92 Å². The molecule has 6 nitrogen and oxygen atoms in total. The third-order valence-electron chi connectivity index (χ3n) is 3.37. The molecule has 0 saturated heterocycles. The molecule has 0 spiro atoms. The highest BCUT2D eigenvalue weighted by Crippen LogP contribution is 2.25. The van der Waals surface area contributed by atoms with Crippen molar-refractivity contribution < 1.29 is 21.6 Å². The van der Waals surface area contributed by atoms with Gasteiger partial charge >= 0.3 is 6.18 Å². The lowest BCUT2D eigenvalue weighted by Gasteiger charge is -2.10. The van der Waals surface area contributed by atoms with Crippen LogP contribution in [-0.4, -0.2) is 40.1 Å². The SMILES string of the molecule is Cc1nc(-c2nc(CC3C=CS(=O)(=O)C3)n(CC(F)(F)F)n2)cs1. The van der Waals surface area contributed by atoms with Gasteiger partial charge in [-0.2, -0.15) is 13.2 Å². The Morgan fingerprint density at radius 2 is 2.12 bits per heavy atom. The summed E-state index contributed by atoms with van der Waals surface area (Å²) in [7, 11) is -3.28. The molecule has 1 aliphatic rings. The molecule has 0 saturated carbocycles. The summed E-state index contributed by atoms with van der Waals surface area (Å²) in [4.78, 5) is 8.33. The minimum atomic E-state index is -4.45. The van der Waals surface area contributed by atoms with Crippen molar-refractivity contribution in [1.82, 2.24) is 19.7 Å². The molecular weight excluding hydrogens is 365 g/mol. The van der Waals surface area contributed by atoms with E-state index >= 15 is 0 Å². The Balaban J connectivity index is 1.91. The molecule has 1 atom stereocenters. The second-order valence-electron chi connectivity index (χ2n) is 5.50. The Bertz CT molecular complexity index is 883. The average Bonchev–Trinajstić information content (AvgIpc) is 3.09. The van der Waals surface area contributed by atoms with Crippen LogP contribution in [0.25, 0.3) is 11.5 Å². The van der Waals surface area contributed by atoms with E-state index in [0.29, 0.717) is 5.69 Å². The number of hydrogen-bond acceptors (Lipinski definition) is 6. The summed E-state index contributed by atoms with van der Waals surface area (Å²) in [5, 5.41) is 7.43. The van der Waals surface area contributed by atoms with Crippen LogP contribution in [0.5, 0.6) is 0 Å². The van der Waals surface area contributed by atoms with E-state index in [-0.39, 0.29) is 23.8 Å². The molecule has 11 heteroatoms. The van der Waals surface area contributed by atoms with Gasteiger partial charge in [-0.1, -0.05) is 6.08 Å². The van der Waals surface area contributed by atoms with E-state index in [2.05, 4.69) is 15.1 Å². The molecule has 1 unspecified atom stereocenters. The molecule has 0 aromatic carbocycles. The van der Waals surface area contributed by atoms with Gasteiger partial charge in [0.2, 0.25) is 5.82 Å². The number of allylic oxidation sites excluding steroid dienone is 1. The molecule has 0 amide bonds. The fraction of sp³-hybridized carbons (Fsp3) is 0.462. The Morgan fingerprint density at radius 3 is 2.67 bits per heavy atom. The predicted octanol–water partition coefficient (Wildman–Crippen LogP) is 2.37. The van der Waals surface area contributed by atoms with Crippen molar-refractivity contribution in [3.8, 4) is 11.5 Å². The maximum absolute atomic E-state index is 12.8. The van der Waals surface area contributed by atoms with E-state index in [4.69, 9.17) is 0 Å². The number of hydrogen-bond donors (Lipinski definition) is 0. The quantitative estimate of drug-likeness (QED) is 0.816. The van der Waals surface area contributed by atoms with Crippen LogP contribution in [0.1, 0.15) is 10.8 Å². The summed E-state index contributed by atoms with van der Waals surface area (Å²) >= 11 is 1.35. The first kappa shape index (κ1) is 17.1.